The first kappa shape index (κ1) is 23.2. The van der Waals surface area contributed by atoms with Gasteiger partial charge in [0.1, 0.15) is 0 Å². The molecule has 1 heterocycles. The van der Waals surface area contributed by atoms with Crippen LogP contribution in [0, 0.1) is 26.7 Å². The zero-order valence-corrected chi connectivity index (χ0v) is 19.6. The molecule has 26 heavy (non-hydrogen) atoms. The van der Waals surface area contributed by atoms with Crippen molar-refractivity contribution < 1.29 is 8.42 Å². The van der Waals surface area contributed by atoms with Crippen LogP contribution in [0.15, 0.2) is 17.1 Å². The van der Waals surface area contributed by atoms with Gasteiger partial charge in [0.2, 0.25) is 0 Å². The van der Waals surface area contributed by atoms with E-state index in [2.05, 4.69) is 57.4 Å². The summed E-state index contributed by atoms with van der Waals surface area (Å²) in [6, 6.07) is 4.63. The molecule has 1 aliphatic heterocycles. The lowest BCUT2D eigenvalue weighted by Crippen LogP contribution is -2.43. The van der Waals surface area contributed by atoms with Gasteiger partial charge in [-0.2, -0.15) is 0 Å². The van der Waals surface area contributed by atoms with Gasteiger partial charge in [0, 0.05) is 12.6 Å². The van der Waals surface area contributed by atoms with Crippen LogP contribution in [0.2, 0.25) is 0 Å². The Bertz CT molecular complexity index is 722. The highest BCUT2D eigenvalue weighted by Crippen LogP contribution is 2.18. The third-order valence-corrected chi connectivity index (χ3v) is 6.38. The van der Waals surface area contributed by atoms with Gasteiger partial charge in [-0.1, -0.05) is 17.7 Å². The number of benzene rings is 1. The van der Waals surface area contributed by atoms with Gasteiger partial charge in [0.15, 0.2) is 15.8 Å². The van der Waals surface area contributed by atoms with Crippen molar-refractivity contribution in [2.45, 2.75) is 53.6 Å². The van der Waals surface area contributed by atoms with Crippen molar-refractivity contribution in [2.24, 2.45) is 10.9 Å². The molecule has 0 amide bonds. The Kier molecular flexibility index (Phi) is 8.85. The molecular weight excluding hydrogens is 461 g/mol. The van der Waals surface area contributed by atoms with Gasteiger partial charge in [-0.05, 0) is 63.6 Å². The third kappa shape index (κ3) is 7.06. The summed E-state index contributed by atoms with van der Waals surface area (Å²) in [6.07, 6.45) is 0.737. The van der Waals surface area contributed by atoms with E-state index in [1.807, 2.05) is 0 Å². The van der Waals surface area contributed by atoms with E-state index < -0.39 is 9.84 Å². The van der Waals surface area contributed by atoms with E-state index in [1.165, 1.54) is 22.3 Å². The predicted molar refractivity (Wildman–Crippen MR) is 120 cm³/mol. The molecular formula is C19H32IN3O2S. The number of hydrogen-bond donors (Lipinski definition) is 2. The fraction of sp³-hybridized carbons (Fsp3) is 0.632. The average molecular weight is 493 g/mol. The van der Waals surface area contributed by atoms with Crippen LogP contribution >= 0.6 is 24.0 Å². The minimum Gasteiger partial charge on any atom is -0.356 e. The molecule has 5 nitrogen and oxygen atoms in total. The highest BCUT2D eigenvalue weighted by molar-refractivity contribution is 14.0. The smallest absolute Gasteiger partial charge is 0.191 e. The van der Waals surface area contributed by atoms with Crippen molar-refractivity contribution in [3.63, 3.8) is 0 Å². The molecule has 7 heteroatoms. The number of aryl methyl sites for hydroxylation is 3. The van der Waals surface area contributed by atoms with Crippen LogP contribution in [0.5, 0.6) is 0 Å². The van der Waals surface area contributed by atoms with E-state index in [4.69, 9.17) is 4.99 Å². The molecule has 2 N–H and O–H groups in total. The highest BCUT2D eigenvalue weighted by Gasteiger charge is 2.27. The SMILES string of the molecule is Cc1cc(C)c(CN=C(NCC2CCS(=O)(=O)C2)NC(C)C)c(C)c1.I. The van der Waals surface area contributed by atoms with Crippen LogP contribution in [0.1, 0.15) is 42.5 Å². The Hall–Kier alpha value is -0.830. The van der Waals surface area contributed by atoms with Crippen molar-refractivity contribution >= 4 is 39.8 Å². The summed E-state index contributed by atoms with van der Waals surface area (Å²) in [4.78, 5) is 4.73. The molecule has 0 bridgehead atoms. The molecule has 1 unspecified atom stereocenters. The first-order chi connectivity index (χ1) is 11.7. The molecule has 2 rings (SSSR count). The number of nitrogens with one attached hydrogen (secondary N) is 2. The van der Waals surface area contributed by atoms with Gasteiger partial charge in [0.25, 0.3) is 0 Å². The number of guanidine groups is 1. The monoisotopic (exact) mass is 493 g/mol. The second kappa shape index (κ2) is 9.92. The fourth-order valence-electron chi connectivity index (χ4n) is 3.32. The number of nitrogens with zero attached hydrogens (tertiary/aromatic N) is 1. The lowest BCUT2D eigenvalue weighted by Gasteiger charge is -2.18. The second-order valence-corrected chi connectivity index (χ2v) is 9.72. The number of sulfone groups is 1. The van der Waals surface area contributed by atoms with Gasteiger partial charge >= 0.3 is 0 Å². The van der Waals surface area contributed by atoms with Crippen molar-refractivity contribution in [3.8, 4) is 0 Å². The molecule has 0 aliphatic carbocycles. The Morgan fingerprint density at radius 1 is 1.23 bits per heavy atom. The van der Waals surface area contributed by atoms with Crippen molar-refractivity contribution in [2.75, 3.05) is 18.1 Å². The van der Waals surface area contributed by atoms with E-state index in [1.54, 1.807) is 0 Å². The molecule has 0 spiro atoms. The van der Waals surface area contributed by atoms with Crippen LogP contribution in [0.3, 0.4) is 0 Å². The van der Waals surface area contributed by atoms with E-state index in [9.17, 15) is 8.42 Å². The minimum atomic E-state index is -2.84. The molecule has 1 saturated heterocycles. The standard InChI is InChI=1S/C19H31N3O2S.HI/c1-13(2)22-19(20-10-17-6-7-25(23,24)12-17)21-11-18-15(4)8-14(3)9-16(18)5;/h8-9,13,17H,6-7,10-12H2,1-5H3,(H2,20,21,22);1H. The Labute approximate surface area is 175 Å². The molecule has 1 aromatic carbocycles. The van der Waals surface area contributed by atoms with Crippen LogP contribution < -0.4 is 10.6 Å². The Morgan fingerprint density at radius 3 is 2.35 bits per heavy atom. The van der Waals surface area contributed by atoms with Gasteiger partial charge in [-0.15, -0.1) is 24.0 Å². The molecule has 1 atom stereocenters. The molecule has 1 aliphatic rings. The lowest BCUT2D eigenvalue weighted by atomic mass is 10.00. The normalized spacial score (nSPS) is 19.3. The van der Waals surface area contributed by atoms with Gasteiger partial charge < -0.3 is 10.6 Å². The summed E-state index contributed by atoms with van der Waals surface area (Å²) in [6.45, 7) is 11.7. The minimum absolute atomic E-state index is 0. The van der Waals surface area contributed by atoms with E-state index in [-0.39, 0.29) is 41.7 Å². The maximum Gasteiger partial charge on any atom is 0.191 e. The summed E-state index contributed by atoms with van der Waals surface area (Å²) in [5.74, 6) is 1.52. The quantitative estimate of drug-likeness (QED) is 0.376. The first-order valence-electron chi connectivity index (χ1n) is 8.98. The van der Waals surface area contributed by atoms with Crippen LogP contribution in [-0.2, 0) is 16.4 Å². The highest BCUT2D eigenvalue weighted by atomic mass is 127. The van der Waals surface area contributed by atoms with E-state index in [0.717, 1.165) is 12.4 Å². The number of halogens is 1. The van der Waals surface area contributed by atoms with Gasteiger partial charge in [-0.3, -0.25) is 0 Å². The van der Waals surface area contributed by atoms with E-state index >= 15 is 0 Å². The molecule has 0 radical (unpaired) electrons. The molecule has 0 saturated carbocycles. The molecule has 1 fully saturated rings. The molecule has 1 aromatic rings. The van der Waals surface area contributed by atoms with Crippen LogP contribution in [0.25, 0.3) is 0 Å². The van der Waals surface area contributed by atoms with Crippen molar-refractivity contribution in [3.05, 3.63) is 34.4 Å². The number of rotatable bonds is 5. The first-order valence-corrected chi connectivity index (χ1v) is 10.8. The van der Waals surface area contributed by atoms with Crippen molar-refractivity contribution in [1.29, 1.82) is 0 Å². The maximum atomic E-state index is 11.6. The van der Waals surface area contributed by atoms with Crippen LogP contribution in [0.4, 0.5) is 0 Å². The van der Waals surface area contributed by atoms with Gasteiger partial charge in [-0.25, -0.2) is 13.4 Å². The van der Waals surface area contributed by atoms with E-state index in [0.29, 0.717) is 18.8 Å². The topological polar surface area (TPSA) is 70.6 Å². The predicted octanol–water partition coefficient (Wildman–Crippen LogP) is 3.11. The fourth-order valence-corrected chi connectivity index (χ4v) is 5.18. The third-order valence-electron chi connectivity index (χ3n) is 4.55. The maximum absolute atomic E-state index is 11.6. The zero-order valence-electron chi connectivity index (χ0n) is 16.4. The number of aliphatic imine (C=N–C) groups is 1. The zero-order chi connectivity index (χ0) is 18.6. The van der Waals surface area contributed by atoms with Crippen LogP contribution in [-0.4, -0.2) is 38.5 Å². The largest absolute Gasteiger partial charge is 0.356 e. The molecule has 0 aromatic heterocycles. The van der Waals surface area contributed by atoms with Gasteiger partial charge in [0.05, 0.1) is 18.1 Å². The van der Waals surface area contributed by atoms with Crippen molar-refractivity contribution in [1.82, 2.24) is 10.6 Å². The summed E-state index contributed by atoms with van der Waals surface area (Å²) in [5.41, 5.74) is 5.03. The second-order valence-electron chi connectivity index (χ2n) is 7.49. The molecule has 148 valence electrons. The Morgan fingerprint density at radius 2 is 1.85 bits per heavy atom. The summed E-state index contributed by atoms with van der Waals surface area (Å²) >= 11 is 0. The summed E-state index contributed by atoms with van der Waals surface area (Å²) < 4.78 is 23.2. The summed E-state index contributed by atoms with van der Waals surface area (Å²) in [5, 5.41) is 6.66. The summed E-state index contributed by atoms with van der Waals surface area (Å²) in [7, 11) is -2.84. The Balaban J connectivity index is 0.00000338. The number of hydrogen-bond acceptors (Lipinski definition) is 3. The lowest BCUT2D eigenvalue weighted by molar-refractivity contribution is 0.562. The average Bonchev–Trinajstić information content (AvgIpc) is 2.82.